The number of pyridine rings is 1. The van der Waals surface area contributed by atoms with Crippen LogP contribution >= 0.6 is 0 Å². The van der Waals surface area contributed by atoms with Gasteiger partial charge in [-0.2, -0.15) is 5.26 Å². The van der Waals surface area contributed by atoms with Crippen molar-refractivity contribution in [2.45, 2.75) is 37.8 Å². The van der Waals surface area contributed by atoms with Crippen molar-refractivity contribution >= 4 is 5.69 Å². The highest BCUT2D eigenvalue weighted by atomic mass is 16.6. The average Bonchev–Trinajstić information content (AvgIpc) is 2.41. The molecule has 0 bridgehead atoms. The molecule has 1 aromatic heterocycles. The number of nitro groups is 1. The van der Waals surface area contributed by atoms with Crippen LogP contribution in [0, 0.1) is 21.4 Å². The van der Waals surface area contributed by atoms with Gasteiger partial charge in [0.2, 0.25) is 5.88 Å². The monoisotopic (exact) mass is 262 g/mol. The van der Waals surface area contributed by atoms with Gasteiger partial charge in [-0.1, -0.05) is 6.42 Å². The van der Waals surface area contributed by atoms with Crippen molar-refractivity contribution in [3.63, 3.8) is 0 Å². The maximum Gasteiger partial charge on any atom is 0.289 e. The second-order valence-corrected chi connectivity index (χ2v) is 4.52. The van der Waals surface area contributed by atoms with Gasteiger partial charge in [0.25, 0.3) is 5.69 Å². The van der Waals surface area contributed by atoms with Crippen LogP contribution in [0.1, 0.15) is 31.2 Å². The zero-order valence-electron chi connectivity index (χ0n) is 10.3. The lowest BCUT2D eigenvalue weighted by molar-refractivity contribution is -0.385. The van der Waals surface area contributed by atoms with Gasteiger partial charge in [0, 0.05) is 12.1 Å². The van der Waals surface area contributed by atoms with Crippen molar-refractivity contribution in [2.75, 3.05) is 0 Å². The average molecular weight is 262 g/mol. The quantitative estimate of drug-likeness (QED) is 0.652. The van der Waals surface area contributed by atoms with Crippen LogP contribution < -0.4 is 10.5 Å². The summed E-state index contributed by atoms with van der Waals surface area (Å²) in [6, 6.07) is 2.94. The SMILES string of the molecule is N#Cc1cc([N+](=O)[O-])cnc1OC1CCCCC1N. The first kappa shape index (κ1) is 13.2. The van der Waals surface area contributed by atoms with Gasteiger partial charge in [-0.3, -0.25) is 10.1 Å². The second-order valence-electron chi connectivity index (χ2n) is 4.52. The molecule has 1 heterocycles. The third-order valence-electron chi connectivity index (χ3n) is 3.18. The Morgan fingerprint density at radius 1 is 1.53 bits per heavy atom. The molecule has 0 aliphatic heterocycles. The minimum absolute atomic E-state index is 0.0620. The summed E-state index contributed by atoms with van der Waals surface area (Å²) in [6.45, 7) is 0. The van der Waals surface area contributed by atoms with Crippen LogP contribution in [-0.2, 0) is 0 Å². The Morgan fingerprint density at radius 3 is 2.89 bits per heavy atom. The van der Waals surface area contributed by atoms with E-state index in [0.29, 0.717) is 0 Å². The van der Waals surface area contributed by atoms with Gasteiger partial charge in [0.05, 0.1) is 4.92 Å². The molecule has 7 heteroatoms. The topological polar surface area (TPSA) is 115 Å². The van der Waals surface area contributed by atoms with Crippen molar-refractivity contribution in [1.82, 2.24) is 4.98 Å². The molecular weight excluding hydrogens is 248 g/mol. The van der Waals surface area contributed by atoms with Crippen LogP contribution in [0.15, 0.2) is 12.3 Å². The van der Waals surface area contributed by atoms with Gasteiger partial charge < -0.3 is 10.5 Å². The van der Waals surface area contributed by atoms with Gasteiger partial charge in [0.1, 0.15) is 23.9 Å². The van der Waals surface area contributed by atoms with Crippen LogP contribution in [-0.4, -0.2) is 22.1 Å². The Labute approximate surface area is 110 Å². The molecule has 2 unspecified atom stereocenters. The van der Waals surface area contributed by atoms with Gasteiger partial charge in [-0.05, 0) is 19.3 Å². The normalized spacial score (nSPS) is 22.5. The zero-order valence-corrected chi connectivity index (χ0v) is 10.3. The van der Waals surface area contributed by atoms with E-state index in [-0.39, 0.29) is 29.3 Å². The Bertz CT molecular complexity index is 526. The fraction of sp³-hybridized carbons (Fsp3) is 0.500. The molecule has 1 fully saturated rings. The van der Waals surface area contributed by atoms with Crippen molar-refractivity contribution in [3.8, 4) is 11.9 Å². The number of ether oxygens (including phenoxy) is 1. The summed E-state index contributed by atoms with van der Waals surface area (Å²) in [5.74, 6) is 0.121. The molecular formula is C12H14N4O3. The van der Waals surface area contributed by atoms with E-state index in [9.17, 15) is 10.1 Å². The second kappa shape index (κ2) is 5.63. The molecule has 0 spiro atoms. The molecule has 1 aliphatic carbocycles. The third-order valence-corrected chi connectivity index (χ3v) is 3.18. The Morgan fingerprint density at radius 2 is 2.26 bits per heavy atom. The number of nitrogens with two attached hydrogens (primary N) is 1. The minimum atomic E-state index is -0.593. The fourth-order valence-corrected chi connectivity index (χ4v) is 2.13. The van der Waals surface area contributed by atoms with Gasteiger partial charge in [-0.15, -0.1) is 0 Å². The summed E-state index contributed by atoms with van der Waals surface area (Å²) >= 11 is 0. The molecule has 0 saturated heterocycles. The van der Waals surface area contributed by atoms with Gasteiger partial charge >= 0.3 is 0 Å². The van der Waals surface area contributed by atoms with Gasteiger partial charge in [0.15, 0.2) is 0 Å². The van der Waals surface area contributed by atoms with Crippen molar-refractivity contribution in [3.05, 3.63) is 27.9 Å². The first-order chi connectivity index (χ1) is 9.11. The third kappa shape index (κ3) is 2.98. The zero-order chi connectivity index (χ0) is 13.8. The lowest BCUT2D eigenvalue weighted by atomic mass is 9.93. The fourth-order valence-electron chi connectivity index (χ4n) is 2.13. The van der Waals surface area contributed by atoms with Crippen LogP contribution in [0.3, 0.4) is 0 Å². The van der Waals surface area contributed by atoms with E-state index < -0.39 is 4.92 Å². The predicted octanol–water partition coefficient (Wildman–Crippen LogP) is 1.51. The van der Waals surface area contributed by atoms with E-state index in [2.05, 4.69) is 4.98 Å². The molecule has 1 aromatic rings. The van der Waals surface area contributed by atoms with Crippen molar-refractivity contribution in [1.29, 1.82) is 5.26 Å². The summed E-state index contributed by atoms with van der Waals surface area (Å²) < 4.78 is 5.64. The summed E-state index contributed by atoms with van der Waals surface area (Å²) in [5.41, 5.74) is 5.79. The highest BCUT2D eigenvalue weighted by Gasteiger charge is 2.25. The summed E-state index contributed by atoms with van der Waals surface area (Å²) in [5, 5.41) is 19.6. The first-order valence-electron chi connectivity index (χ1n) is 6.08. The number of nitriles is 1. The Balaban J connectivity index is 2.20. The number of aromatic nitrogens is 1. The molecule has 2 N–H and O–H groups in total. The van der Waals surface area contributed by atoms with E-state index in [0.717, 1.165) is 37.9 Å². The molecule has 0 radical (unpaired) electrons. The molecule has 2 rings (SSSR count). The highest BCUT2D eigenvalue weighted by Crippen LogP contribution is 2.25. The van der Waals surface area contributed by atoms with E-state index in [1.54, 1.807) is 0 Å². The van der Waals surface area contributed by atoms with Crippen LogP contribution in [0.4, 0.5) is 5.69 Å². The molecule has 7 nitrogen and oxygen atoms in total. The van der Waals surface area contributed by atoms with Crippen molar-refractivity contribution in [2.24, 2.45) is 5.73 Å². The molecule has 100 valence electrons. The van der Waals surface area contributed by atoms with E-state index in [4.69, 9.17) is 15.7 Å². The number of hydrogen-bond acceptors (Lipinski definition) is 6. The van der Waals surface area contributed by atoms with E-state index in [1.807, 2.05) is 6.07 Å². The maximum absolute atomic E-state index is 10.6. The van der Waals surface area contributed by atoms with Crippen LogP contribution in [0.25, 0.3) is 0 Å². The Hall–Kier alpha value is -2.20. The largest absolute Gasteiger partial charge is 0.472 e. The lowest BCUT2D eigenvalue weighted by Crippen LogP contribution is -2.41. The molecule has 19 heavy (non-hydrogen) atoms. The van der Waals surface area contributed by atoms with E-state index in [1.165, 1.54) is 0 Å². The van der Waals surface area contributed by atoms with E-state index >= 15 is 0 Å². The molecule has 1 aliphatic rings. The summed E-state index contributed by atoms with van der Waals surface area (Å²) in [7, 11) is 0. The number of rotatable bonds is 3. The van der Waals surface area contributed by atoms with Gasteiger partial charge in [-0.25, -0.2) is 4.98 Å². The highest BCUT2D eigenvalue weighted by molar-refractivity contribution is 5.45. The maximum atomic E-state index is 10.6. The first-order valence-corrected chi connectivity index (χ1v) is 6.08. The standard InChI is InChI=1S/C12H14N4O3/c13-6-8-5-9(16(17)18)7-15-12(8)19-11-4-2-1-3-10(11)14/h5,7,10-11H,1-4,14H2. The predicted molar refractivity (Wildman–Crippen MR) is 66.5 cm³/mol. The van der Waals surface area contributed by atoms with Crippen molar-refractivity contribution < 1.29 is 9.66 Å². The lowest BCUT2D eigenvalue weighted by Gasteiger charge is -2.28. The smallest absolute Gasteiger partial charge is 0.289 e. The number of hydrogen-bond donors (Lipinski definition) is 1. The summed E-state index contributed by atoms with van der Waals surface area (Å²) in [4.78, 5) is 13.9. The Kier molecular flexibility index (Phi) is 3.92. The molecule has 2 atom stereocenters. The number of nitrogens with zero attached hydrogens (tertiary/aromatic N) is 3. The summed E-state index contributed by atoms with van der Waals surface area (Å²) in [6.07, 6.45) is 4.68. The minimum Gasteiger partial charge on any atom is -0.472 e. The van der Waals surface area contributed by atoms with Crippen LogP contribution in [0.2, 0.25) is 0 Å². The van der Waals surface area contributed by atoms with Crippen LogP contribution in [0.5, 0.6) is 5.88 Å². The molecule has 1 saturated carbocycles. The molecule has 0 aromatic carbocycles. The molecule has 0 amide bonds.